The smallest absolute Gasteiger partial charge is 0.373 e. The largest absolute Gasteiger partial charge is 0.524 e. The van der Waals surface area contributed by atoms with E-state index in [1.54, 1.807) is 0 Å². The van der Waals surface area contributed by atoms with Gasteiger partial charge in [0.2, 0.25) is 11.9 Å². The molecule has 1 aromatic rings. The van der Waals surface area contributed by atoms with Crippen LogP contribution in [0.15, 0.2) is 6.33 Å². The fourth-order valence-corrected chi connectivity index (χ4v) is 12.0. The molecule has 0 aromatic carbocycles. The van der Waals surface area contributed by atoms with Gasteiger partial charge >= 0.3 is 17.6 Å². The fraction of sp³-hybridized carbons (Fsp3) is 0.897. The Hall–Kier alpha value is -1.24. The lowest BCUT2D eigenvalue weighted by molar-refractivity contribution is 0.0489. The van der Waals surface area contributed by atoms with Crippen LogP contribution >= 0.6 is 0 Å². The molecule has 1 heterocycles. The highest BCUT2D eigenvalue weighted by Gasteiger charge is 2.60. The summed E-state index contributed by atoms with van der Waals surface area (Å²) in [6, 6.07) is 0. The van der Waals surface area contributed by atoms with Crippen molar-refractivity contribution in [2.24, 2.45) is 5.73 Å². The van der Waals surface area contributed by atoms with Gasteiger partial charge in [0, 0.05) is 52.7 Å². The van der Waals surface area contributed by atoms with Crippen LogP contribution in [-0.2, 0) is 26.6 Å². The standard InChI is InChI=1S/C29H62N6O6Si2/c1-9-17-19-21-26(42(36-11-3,37-12-4)38-13-5)35(29-33-25-32-28(34-29)31-24-23-30)27(22-20-18-10-2)43(39-14-6,40-15-7)41-16-8/h25-27H,9-24,30H2,1-8H3,(H,31,32,33,34). The van der Waals surface area contributed by atoms with Crippen molar-refractivity contribution in [3.63, 3.8) is 0 Å². The van der Waals surface area contributed by atoms with Crippen molar-refractivity contribution < 1.29 is 26.6 Å². The third-order valence-electron chi connectivity index (χ3n) is 6.94. The maximum absolute atomic E-state index is 6.61. The van der Waals surface area contributed by atoms with E-state index in [0.717, 1.165) is 51.4 Å². The number of rotatable bonds is 28. The highest BCUT2D eigenvalue weighted by atomic mass is 28.4. The molecule has 252 valence electrons. The van der Waals surface area contributed by atoms with Gasteiger partial charge in [-0.05, 0) is 54.4 Å². The maximum atomic E-state index is 6.61. The number of anilines is 2. The van der Waals surface area contributed by atoms with Crippen molar-refractivity contribution in [2.75, 3.05) is 62.9 Å². The van der Waals surface area contributed by atoms with Gasteiger partial charge in [-0.25, -0.2) is 9.97 Å². The molecule has 0 aliphatic rings. The molecule has 0 saturated carbocycles. The van der Waals surface area contributed by atoms with Crippen molar-refractivity contribution in [1.29, 1.82) is 0 Å². The van der Waals surface area contributed by atoms with Crippen molar-refractivity contribution in [1.82, 2.24) is 15.0 Å². The third-order valence-corrected chi connectivity index (χ3v) is 13.9. The average molecular weight is 647 g/mol. The number of aromatic nitrogens is 3. The average Bonchev–Trinajstić information content (AvgIpc) is 2.99. The van der Waals surface area contributed by atoms with E-state index >= 15 is 0 Å². The highest BCUT2D eigenvalue weighted by molar-refractivity contribution is 6.65. The van der Waals surface area contributed by atoms with E-state index in [-0.39, 0.29) is 11.3 Å². The van der Waals surface area contributed by atoms with Crippen LogP contribution in [0.5, 0.6) is 0 Å². The molecule has 0 radical (unpaired) electrons. The lowest BCUT2D eigenvalue weighted by Gasteiger charge is -2.48. The van der Waals surface area contributed by atoms with Gasteiger partial charge in [0.25, 0.3) is 0 Å². The SMILES string of the molecule is CCCCCC(N(c1ncnc(NCCN)n1)C(CCCCC)[Si](OCC)(OCC)OCC)[Si](OCC)(OCC)OCC. The van der Waals surface area contributed by atoms with Crippen LogP contribution < -0.4 is 16.0 Å². The molecule has 0 spiro atoms. The van der Waals surface area contributed by atoms with Gasteiger partial charge in [0.15, 0.2) is 0 Å². The molecular weight excluding hydrogens is 585 g/mol. The Bertz CT molecular complexity index is 759. The second-order valence-electron chi connectivity index (χ2n) is 10.1. The lowest BCUT2D eigenvalue weighted by Crippen LogP contribution is -2.71. The molecule has 0 amide bonds. The number of nitrogens with zero attached hydrogens (tertiary/aromatic N) is 4. The van der Waals surface area contributed by atoms with E-state index in [0.29, 0.717) is 64.6 Å². The van der Waals surface area contributed by atoms with Gasteiger partial charge < -0.3 is 42.5 Å². The highest BCUT2D eigenvalue weighted by Crippen LogP contribution is 2.35. The van der Waals surface area contributed by atoms with Crippen LogP contribution in [0.1, 0.15) is 107 Å². The Morgan fingerprint density at radius 1 is 0.674 bits per heavy atom. The van der Waals surface area contributed by atoms with Crippen LogP contribution in [0.25, 0.3) is 0 Å². The van der Waals surface area contributed by atoms with Gasteiger partial charge in [-0.1, -0.05) is 52.4 Å². The second kappa shape index (κ2) is 23.2. The summed E-state index contributed by atoms with van der Waals surface area (Å²) in [5.41, 5.74) is 5.16. The van der Waals surface area contributed by atoms with Crippen molar-refractivity contribution >= 4 is 29.5 Å². The molecule has 2 atom stereocenters. The minimum Gasteiger partial charge on any atom is -0.373 e. The number of nitrogens with two attached hydrogens (primary N) is 1. The summed E-state index contributed by atoms with van der Waals surface area (Å²) in [7, 11) is -6.76. The normalized spacial score (nSPS) is 13.7. The topological polar surface area (TPSA) is 135 Å². The molecule has 3 N–H and O–H groups in total. The van der Waals surface area contributed by atoms with E-state index in [4.69, 9.17) is 42.3 Å². The molecule has 0 bridgehead atoms. The quantitative estimate of drug-likeness (QED) is 0.0924. The summed E-state index contributed by atoms with van der Waals surface area (Å²) in [4.78, 5) is 16.4. The zero-order valence-corrected chi connectivity index (χ0v) is 30.4. The van der Waals surface area contributed by atoms with E-state index < -0.39 is 17.6 Å². The maximum Gasteiger partial charge on any atom is 0.524 e. The molecule has 1 aromatic heterocycles. The molecule has 0 saturated heterocycles. The van der Waals surface area contributed by atoms with Crippen LogP contribution in [-0.4, -0.2) is 96.6 Å². The lowest BCUT2D eigenvalue weighted by atomic mass is 10.1. The molecule has 43 heavy (non-hydrogen) atoms. The van der Waals surface area contributed by atoms with Crippen LogP contribution in [0.2, 0.25) is 0 Å². The van der Waals surface area contributed by atoms with Gasteiger partial charge in [-0.3, -0.25) is 0 Å². The Morgan fingerprint density at radius 3 is 1.44 bits per heavy atom. The van der Waals surface area contributed by atoms with Crippen LogP contribution in [0, 0.1) is 0 Å². The Kier molecular flexibility index (Phi) is 21.4. The molecule has 2 unspecified atom stereocenters. The molecule has 0 aliphatic carbocycles. The summed E-state index contributed by atoms with van der Waals surface area (Å²) in [6.45, 7) is 20.1. The summed E-state index contributed by atoms with van der Waals surface area (Å²) in [6.07, 6.45) is 9.25. The first kappa shape index (κ1) is 39.8. The summed E-state index contributed by atoms with van der Waals surface area (Å²) < 4.78 is 39.7. The first-order valence-electron chi connectivity index (χ1n) is 16.7. The molecule has 0 fully saturated rings. The van der Waals surface area contributed by atoms with Gasteiger partial charge in [-0.15, -0.1) is 0 Å². The van der Waals surface area contributed by atoms with E-state index in [1.807, 2.05) is 41.5 Å². The third kappa shape index (κ3) is 12.2. The summed E-state index contributed by atoms with van der Waals surface area (Å²) in [5, 5.41) is 3.22. The predicted molar refractivity (Wildman–Crippen MR) is 177 cm³/mol. The molecule has 1 rings (SSSR count). The van der Waals surface area contributed by atoms with E-state index in [2.05, 4.69) is 29.0 Å². The predicted octanol–water partition coefficient (Wildman–Crippen LogP) is 5.12. The van der Waals surface area contributed by atoms with Gasteiger partial charge in [0.05, 0.1) is 0 Å². The zero-order valence-electron chi connectivity index (χ0n) is 28.4. The summed E-state index contributed by atoms with van der Waals surface area (Å²) in [5.74, 6) is 0.942. The second-order valence-corrected chi connectivity index (χ2v) is 15.5. The van der Waals surface area contributed by atoms with E-state index in [9.17, 15) is 0 Å². The Morgan fingerprint density at radius 2 is 1.09 bits per heavy atom. The van der Waals surface area contributed by atoms with Crippen molar-refractivity contribution in [3.05, 3.63) is 6.33 Å². The Labute approximate surface area is 263 Å². The Balaban J connectivity index is 4.16. The fourth-order valence-electron chi connectivity index (χ4n) is 5.36. The zero-order chi connectivity index (χ0) is 32.0. The minimum absolute atomic E-state index is 0.316. The number of nitrogens with one attached hydrogen (secondary N) is 1. The first-order chi connectivity index (χ1) is 20.9. The van der Waals surface area contributed by atoms with Crippen LogP contribution in [0.4, 0.5) is 11.9 Å². The van der Waals surface area contributed by atoms with Crippen molar-refractivity contribution in [2.45, 2.75) is 118 Å². The summed E-state index contributed by atoms with van der Waals surface area (Å²) >= 11 is 0. The molecular formula is C29H62N6O6Si2. The minimum atomic E-state index is -3.38. The van der Waals surface area contributed by atoms with Crippen molar-refractivity contribution in [3.8, 4) is 0 Å². The number of unbranched alkanes of at least 4 members (excludes halogenated alkanes) is 4. The molecule has 14 heteroatoms. The van der Waals surface area contributed by atoms with Gasteiger partial charge in [-0.2, -0.15) is 4.98 Å². The number of hydrogen-bond acceptors (Lipinski definition) is 12. The monoisotopic (exact) mass is 646 g/mol. The molecule has 0 aliphatic heterocycles. The number of hydrogen-bond donors (Lipinski definition) is 2. The van der Waals surface area contributed by atoms with E-state index in [1.165, 1.54) is 6.33 Å². The first-order valence-corrected chi connectivity index (χ1v) is 20.3. The van der Waals surface area contributed by atoms with Gasteiger partial charge in [0.1, 0.15) is 17.7 Å². The molecule has 12 nitrogen and oxygen atoms in total. The van der Waals surface area contributed by atoms with Crippen LogP contribution in [0.3, 0.4) is 0 Å².